The Kier molecular flexibility index (Phi) is 11.4. The van der Waals surface area contributed by atoms with Gasteiger partial charge >= 0.3 is 0 Å². The molecule has 1 amide bonds. The SMILES string of the molecule is CC1CN(Cc2ccccc2)CC(C)C1NC(=O)CCC1CCNCC1.Cl.Cl. The van der Waals surface area contributed by atoms with Crippen LogP contribution in [0.4, 0.5) is 0 Å². The average Bonchev–Trinajstić information content (AvgIpc) is 2.65. The highest BCUT2D eigenvalue weighted by Gasteiger charge is 2.32. The molecule has 0 saturated carbocycles. The molecule has 4 nitrogen and oxygen atoms in total. The number of benzene rings is 1. The molecule has 2 atom stereocenters. The van der Waals surface area contributed by atoms with Crippen molar-refractivity contribution in [2.24, 2.45) is 17.8 Å². The van der Waals surface area contributed by atoms with Gasteiger partial charge in [-0.2, -0.15) is 0 Å². The van der Waals surface area contributed by atoms with Crippen molar-refractivity contribution >= 4 is 30.7 Å². The van der Waals surface area contributed by atoms with Crippen molar-refractivity contribution in [2.75, 3.05) is 26.2 Å². The maximum Gasteiger partial charge on any atom is 0.220 e. The molecule has 0 bridgehead atoms. The number of carbonyl (C=O) groups is 1. The van der Waals surface area contributed by atoms with Gasteiger partial charge in [-0.3, -0.25) is 9.69 Å². The van der Waals surface area contributed by atoms with Crippen LogP contribution < -0.4 is 10.6 Å². The molecule has 2 heterocycles. The summed E-state index contributed by atoms with van der Waals surface area (Å²) in [4.78, 5) is 15.0. The summed E-state index contributed by atoms with van der Waals surface area (Å²) in [5, 5.41) is 6.76. The van der Waals surface area contributed by atoms with E-state index in [1.807, 2.05) is 0 Å². The molecule has 0 aliphatic carbocycles. The molecule has 3 rings (SSSR count). The second-order valence-electron chi connectivity index (χ2n) is 8.46. The number of halogens is 2. The lowest BCUT2D eigenvalue weighted by Gasteiger charge is -2.41. The second kappa shape index (κ2) is 12.7. The van der Waals surface area contributed by atoms with E-state index in [1.54, 1.807) is 0 Å². The molecule has 160 valence electrons. The number of piperidine rings is 2. The highest BCUT2D eigenvalue weighted by Crippen LogP contribution is 2.24. The predicted octanol–water partition coefficient (Wildman–Crippen LogP) is 3.88. The molecule has 2 aliphatic rings. The number of nitrogens with zero attached hydrogens (tertiary/aromatic N) is 1. The van der Waals surface area contributed by atoms with Crippen molar-refractivity contribution in [2.45, 2.75) is 52.1 Å². The summed E-state index contributed by atoms with van der Waals surface area (Å²) in [6.07, 6.45) is 4.17. The number of hydrogen-bond donors (Lipinski definition) is 2. The fourth-order valence-corrected chi connectivity index (χ4v) is 4.70. The third kappa shape index (κ3) is 7.55. The van der Waals surface area contributed by atoms with Crippen LogP contribution in [0.1, 0.15) is 45.1 Å². The third-order valence-corrected chi connectivity index (χ3v) is 6.13. The number of hydrogen-bond acceptors (Lipinski definition) is 3. The number of nitrogens with one attached hydrogen (secondary N) is 2. The Morgan fingerprint density at radius 2 is 1.68 bits per heavy atom. The zero-order chi connectivity index (χ0) is 18.4. The Balaban J connectivity index is 0.00000196. The minimum Gasteiger partial charge on any atom is -0.353 e. The Labute approximate surface area is 183 Å². The van der Waals surface area contributed by atoms with Crippen LogP contribution in [0.15, 0.2) is 30.3 Å². The summed E-state index contributed by atoms with van der Waals surface area (Å²) >= 11 is 0. The molecule has 1 aromatic rings. The highest BCUT2D eigenvalue weighted by atomic mass is 35.5. The third-order valence-electron chi connectivity index (χ3n) is 6.13. The van der Waals surface area contributed by atoms with Crippen LogP contribution in [-0.4, -0.2) is 43.0 Å². The maximum absolute atomic E-state index is 12.5. The first-order chi connectivity index (χ1) is 12.6. The van der Waals surface area contributed by atoms with Gasteiger partial charge in [0.1, 0.15) is 0 Å². The Morgan fingerprint density at radius 1 is 1.07 bits per heavy atom. The van der Waals surface area contributed by atoms with Crippen LogP contribution in [0.3, 0.4) is 0 Å². The summed E-state index contributed by atoms with van der Waals surface area (Å²) in [6.45, 7) is 9.90. The number of rotatable bonds is 6. The molecule has 2 aliphatic heterocycles. The van der Waals surface area contributed by atoms with Gasteiger partial charge in [-0.25, -0.2) is 0 Å². The van der Waals surface area contributed by atoms with Crippen molar-refractivity contribution < 1.29 is 4.79 Å². The number of carbonyl (C=O) groups excluding carboxylic acids is 1. The van der Waals surface area contributed by atoms with Crippen molar-refractivity contribution in [1.29, 1.82) is 0 Å². The summed E-state index contributed by atoms with van der Waals surface area (Å²) in [7, 11) is 0. The predicted molar refractivity (Wildman–Crippen MR) is 121 cm³/mol. The molecule has 1 aromatic carbocycles. The quantitative estimate of drug-likeness (QED) is 0.720. The van der Waals surface area contributed by atoms with Crippen molar-refractivity contribution in [3.8, 4) is 0 Å². The molecule has 2 unspecified atom stereocenters. The fourth-order valence-electron chi connectivity index (χ4n) is 4.70. The van der Waals surface area contributed by atoms with Gasteiger partial charge in [0.05, 0.1) is 0 Å². The van der Waals surface area contributed by atoms with Gasteiger partial charge in [0.2, 0.25) is 5.91 Å². The molecule has 2 N–H and O–H groups in total. The van der Waals surface area contributed by atoms with E-state index in [-0.39, 0.29) is 30.7 Å². The minimum absolute atomic E-state index is 0. The Morgan fingerprint density at radius 3 is 2.29 bits per heavy atom. The van der Waals surface area contributed by atoms with Crippen molar-refractivity contribution in [1.82, 2.24) is 15.5 Å². The van der Waals surface area contributed by atoms with Crippen LogP contribution in [0.25, 0.3) is 0 Å². The largest absolute Gasteiger partial charge is 0.353 e. The van der Waals surface area contributed by atoms with E-state index < -0.39 is 0 Å². The molecular formula is C22H37Cl2N3O. The minimum atomic E-state index is 0. The summed E-state index contributed by atoms with van der Waals surface area (Å²) in [5.41, 5.74) is 1.37. The Hall–Kier alpha value is -0.810. The van der Waals surface area contributed by atoms with Gasteiger partial charge in [0.25, 0.3) is 0 Å². The topological polar surface area (TPSA) is 44.4 Å². The Bertz CT molecular complexity index is 554. The van der Waals surface area contributed by atoms with Gasteiger partial charge in [0.15, 0.2) is 0 Å². The molecule has 2 fully saturated rings. The van der Waals surface area contributed by atoms with E-state index in [0.717, 1.165) is 45.1 Å². The molecule has 0 spiro atoms. The summed E-state index contributed by atoms with van der Waals surface area (Å²) < 4.78 is 0. The molecule has 6 heteroatoms. The zero-order valence-electron chi connectivity index (χ0n) is 17.2. The number of likely N-dealkylation sites (tertiary alicyclic amines) is 1. The maximum atomic E-state index is 12.5. The fraction of sp³-hybridized carbons (Fsp3) is 0.682. The van der Waals surface area contributed by atoms with Crippen LogP contribution in [0, 0.1) is 17.8 Å². The lowest BCUT2D eigenvalue weighted by Crippen LogP contribution is -2.54. The molecule has 2 saturated heterocycles. The van der Waals surface area contributed by atoms with Crippen LogP contribution in [0.5, 0.6) is 0 Å². The molecule has 0 radical (unpaired) electrons. The normalized spacial score (nSPS) is 26.0. The van der Waals surface area contributed by atoms with E-state index >= 15 is 0 Å². The van der Waals surface area contributed by atoms with E-state index in [2.05, 4.69) is 59.7 Å². The lowest BCUT2D eigenvalue weighted by molar-refractivity contribution is -0.123. The average molecular weight is 430 g/mol. The van der Waals surface area contributed by atoms with Gasteiger partial charge in [-0.1, -0.05) is 44.2 Å². The van der Waals surface area contributed by atoms with Crippen molar-refractivity contribution in [3.05, 3.63) is 35.9 Å². The highest BCUT2D eigenvalue weighted by molar-refractivity contribution is 5.85. The van der Waals surface area contributed by atoms with E-state index in [4.69, 9.17) is 0 Å². The second-order valence-corrected chi connectivity index (χ2v) is 8.46. The van der Waals surface area contributed by atoms with Crippen molar-refractivity contribution in [3.63, 3.8) is 0 Å². The molecular weight excluding hydrogens is 393 g/mol. The first-order valence-electron chi connectivity index (χ1n) is 10.4. The van der Waals surface area contributed by atoms with Crippen LogP contribution >= 0.6 is 24.8 Å². The lowest BCUT2D eigenvalue weighted by atomic mass is 9.85. The van der Waals surface area contributed by atoms with Gasteiger partial charge < -0.3 is 10.6 Å². The van der Waals surface area contributed by atoms with E-state index in [9.17, 15) is 4.79 Å². The van der Waals surface area contributed by atoms with Crippen LogP contribution in [-0.2, 0) is 11.3 Å². The monoisotopic (exact) mass is 429 g/mol. The van der Waals surface area contributed by atoms with E-state index in [1.165, 1.54) is 18.4 Å². The smallest absolute Gasteiger partial charge is 0.220 e. The first kappa shape index (κ1) is 25.2. The van der Waals surface area contributed by atoms with Gasteiger partial charge in [-0.05, 0) is 55.7 Å². The summed E-state index contributed by atoms with van der Waals surface area (Å²) in [5.74, 6) is 1.96. The standard InChI is InChI=1S/C22H35N3O.2ClH/c1-17-14-25(16-20-6-4-3-5-7-20)15-18(2)22(17)24-21(26)9-8-19-10-12-23-13-11-19;;/h3-7,17-19,22-23H,8-16H2,1-2H3,(H,24,26);2*1H. The van der Waals surface area contributed by atoms with Gasteiger partial charge in [0, 0.05) is 32.1 Å². The van der Waals surface area contributed by atoms with E-state index in [0.29, 0.717) is 24.3 Å². The molecule has 28 heavy (non-hydrogen) atoms. The first-order valence-corrected chi connectivity index (χ1v) is 10.4. The summed E-state index contributed by atoms with van der Waals surface area (Å²) in [6, 6.07) is 11.0. The van der Waals surface area contributed by atoms with Gasteiger partial charge in [-0.15, -0.1) is 24.8 Å². The number of amides is 1. The zero-order valence-corrected chi connectivity index (χ0v) is 18.9. The van der Waals surface area contributed by atoms with Crippen LogP contribution in [0.2, 0.25) is 0 Å². The molecule has 0 aromatic heterocycles.